The Labute approximate surface area is 116 Å². The smallest absolute Gasteiger partial charge is 0.146 e. The molecule has 3 nitrogen and oxygen atoms in total. The third-order valence-electron chi connectivity index (χ3n) is 3.25. The molecule has 0 aromatic heterocycles. The van der Waals surface area contributed by atoms with Crippen LogP contribution in [0, 0.1) is 5.82 Å². The Bertz CT molecular complexity index is 391. The molecule has 1 rings (SSSR count). The molecule has 0 radical (unpaired) electrons. The summed E-state index contributed by atoms with van der Waals surface area (Å²) in [7, 11) is 4.10. The van der Waals surface area contributed by atoms with E-state index in [1.807, 2.05) is 33.2 Å². The minimum absolute atomic E-state index is 0.132. The van der Waals surface area contributed by atoms with Gasteiger partial charge in [0.15, 0.2) is 0 Å². The maximum Gasteiger partial charge on any atom is 0.146 e. The van der Waals surface area contributed by atoms with Crippen LogP contribution in [0.1, 0.15) is 31.9 Å². The van der Waals surface area contributed by atoms with Gasteiger partial charge in [0.2, 0.25) is 0 Å². The molecule has 0 fully saturated rings. The van der Waals surface area contributed by atoms with Gasteiger partial charge < -0.3 is 15.5 Å². The number of hydrogen-bond donors (Lipinski definition) is 1. The zero-order valence-electron chi connectivity index (χ0n) is 12.5. The molecule has 19 heavy (non-hydrogen) atoms. The Morgan fingerprint density at radius 2 is 1.95 bits per heavy atom. The Morgan fingerprint density at radius 1 is 1.26 bits per heavy atom. The van der Waals surface area contributed by atoms with Gasteiger partial charge in [-0.2, -0.15) is 0 Å². The van der Waals surface area contributed by atoms with Gasteiger partial charge in [-0.1, -0.05) is 6.07 Å². The number of benzene rings is 1. The molecule has 0 aliphatic heterocycles. The van der Waals surface area contributed by atoms with Gasteiger partial charge in [-0.15, -0.1) is 0 Å². The van der Waals surface area contributed by atoms with Crippen LogP contribution in [0.3, 0.4) is 0 Å². The third kappa shape index (κ3) is 4.80. The van der Waals surface area contributed by atoms with E-state index in [2.05, 4.69) is 16.7 Å². The first-order chi connectivity index (χ1) is 8.95. The van der Waals surface area contributed by atoms with Gasteiger partial charge in [0.05, 0.1) is 5.69 Å². The highest BCUT2D eigenvalue weighted by Crippen LogP contribution is 2.22. The first kappa shape index (κ1) is 15.9. The quantitative estimate of drug-likeness (QED) is 0.824. The fourth-order valence-electron chi connectivity index (χ4n) is 2.09. The maximum absolute atomic E-state index is 14.1. The summed E-state index contributed by atoms with van der Waals surface area (Å²) < 4.78 is 14.1. The van der Waals surface area contributed by atoms with Crippen LogP contribution in [-0.2, 0) is 0 Å². The van der Waals surface area contributed by atoms with Crippen LogP contribution in [0.5, 0.6) is 0 Å². The molecule has 108 valence electrons. The Balaban J connectivity index is 2.75. The van der Waals surface area contributed by atoms with E-state index in [-0.39, 0.29) is 11.9 Å². The molecule has 0 amide bonds. The Kier molecular flexibility index (Phi) is 6.25. The van der Waals surface area contributed by atoms with E-state index in [9.17, 15) is 4.39 Å². The number of anilines is 1. The highest BCUT2D eigenvalue weighted by molar-refractivity contribution is 5.49. The summed E-state index contributed by atoms with van der Waals surface area (Å²) in [6.45, 7) is 6.60. The summed E-state index contributed by atoms with van der Waals surface area (Å²) in [5, 5.41) is 0. The van der Waals surface area contributed by atoms with Gasteiger partial charge >= 0.3 is 0 Å². The zero-order valence-corrected chi connectivity index (χ0v) is 12.5. The minimum atomic E-state index is -0.179. The van der Waals surface area contributed by atoms with Gasteiger partial charge in [-0.05, 0) is 58.6 Å². The fraction of sp³-hybridized carbons (Fsp3) is 0.600. The molecule has 0 heterocycles. The average Bonchev–Trinajstić information content (AvgIpc) is 2.34. The largest absolute Gasteiger partial charge is 0.369 e. The van der Waals surface area contributed by atoms with Gasteiger partial charge in [0.25, 0.3) is 0 Å². The minimum Gasteiger partial charge on any atom is -0.369 e. The van der Waals surface area contributed by atoms with Crippen molar-refractivity contribution in [1.29, 1.82) is 0 Å². The number of nitrogens with zero attached hydrogens (tertiary/aromatic N) is 2. The van der Waals surface area contributed by atoms with Crippen LogP contribution in [0.2, 0.25) is 0 Å². The highest BCUT2D eigenvalue weighted by Gasteiger charge is 2.11. The van der Waals surface area contributed by atoms with Crippen LogP contribution in [0.4, 0.5) is 10.1 Å². The molecule has 0 bridgehead atoms. The molecular weight excluding hydrogens is 241 g/mol. The highest BCUT2D eigenvalue weighted by atomic mass is 19.1. The van der Waals surface area contributed by atoms with Crippen molar-refractivity contribution in [2.45, 2.75) is 26.3 Å². The van der Waals surface area contributed by atoms with Gasteiger partial charge in [0.1, 0.15) is 5.82 Å². The number of nitrogens with two attached hydrogens (primary N) is 1. The fourth-order valence-corrected chi connectivity index (χ4v) is 2.09. The molecule has 1 aromatic carbocycles. The number of halogens is 1. The lowest BCUT2D eigenvalue weighted by Gasteiger charge is -2.25. The molecular formula is C15H26FN3. The first-order valence-electron chi connectivity index (χ1n) is 6.90. The van der Waals surface area contributed by atoms with Crippen molar-refractivity contribution < 1.29 is 4.39 Å². The van der Waals surface area contributed by atoms with Crippen LogP contribution in [-0.4, -0.2) is 38.6 Å². The standard InChI is InChI=1S/C15H26FN3/c1-5-19(10-6-9-18(3)4)15-8-7-13(12(2)17)11-14(15)16/h7-8,11-12H,5-6,9-10,17H2,1-4H3/t12-/m0/s1. The number of hydrogen-bond acceptors (Lipinski definition) is 3. The molecule has 0 saturated heterocycles. The van der Waals surface area contributed by atoms with Crippen LogP contribution >= 0.6 is 0 Å². The molecule has 0 aliphatic rings. The van der Waals surface area contributed by atoms with E-state index in [0.717, 1.165) is 31.6 Å². The van der Waals surface area contributed by atoms with Crippen LogP contribution in [0.15, 0.2) is 18.2 Å². The normalized spacial score (nSPS) is 12.8. The SMILES string of the molecule is CCN(CCCN(C)C)c1ccc([C@H](C)N)cc1F. The summed E-state index contributed by atoms with van der Waals surface area (Å²) in [6.07, 6.45) is 1.02. The lowest BCUT2D eigenvalue weighted by atomic mass is 10.1. The molecule has 0 aliphatic carbocycles. The summed E-state index contributed by atoms with van der Waals surface area (Å²) in [4.78, 5) is 4.22. The van der Waals surface area contributed by atoms with Crippen molar-refractivity contribution in [2.75, 3.05) is 38.6 Å². The molecule has 2 N–H and O–H groups in total. The van der Waals surface area contributed by atoms with Gasteiger partial charge in [-0.3, -0.25) is 0 Å². The molecule has 4 heteroatoms. The van der Waals surface area contributed by atoms with E-state index in [0.29, 0.717) is 5.69 Å². The predicted molar refractivity (Wildman–Crippen MR) is 80.1 cm³/mol. The second kappa shape index (κ2) is 7.46. The van der Waals surface area contributed by atoms with Crippen LogP contribution < -0.4 is 10.6 Å². The van der Waals surface area contributed by atoms with E-state index in [4.69, 9.17) is 5.73 Å². The van der Waals surface area contributed by atoms with Crippen molar-refractivity contribution in [2.24, 2.45) is 5.73 Å². The first-order valence-corrected chi connectivity index (χ1v) is 6.90. The van der Waals surface area contributed by atoms with E-state index in [1.54, 1.807) is 6.07 Å². The lowest BCUT2D eigenvalue weighted by Crippen LogP contribution is -2.27. The molecule has 1 atom stereocenters. The molecule has 0 unspecified atom stereocenters. The molecule has 0 saturated carbocycles. The van der Waals surface area contributed by atoms with Crippen molar-refractivity contribution in [1.82, 2.24) is 4.90 Å². The van der Waals surface area contributed by atoms with Crippen molar-refractivity contribution in [3.05, 3.63) is 29.6 Å². The zero-order chi connectivity index (χ0) is 14.4. The molecule has 0 spiro atoms. The van der Waals surface area contributed by atoms with Gasteiger partial charge in [0, 0.05) is 19.1 Å². The Hall–Kier alpha value is -1.13. The topological polar surface area (TPSA) is 32.5 Å². The van der Waals surface area contributed by atoms with Crippen molar-refractivity contribution in [3.63, 3.8) is 0 Å². The molecule has 1 aromatic rings. The second-order valence-electron chi connectivity index (χ2n) is 5.24. The average molecular weight is 267 g/mol. The monoisotopic (exact) mass is 267 g/mol. The van der Waals surface area contributed by atoms with E-state index in [1.165, 1.54) is 0 Å². The lowest BCUT2D eigenvalue weighted by molar-refractivity contribution is 0.400. The van der Waals surface area contributed by atoms with Crippen molar-refractivity contribution >= 4 is 5.69 Å². The van der Waals surface area contributed by atoms with E-state index >= 15 is 0 Å². The second-order valence-corrected chi connectivity index (χ2v) is 5.24. The summed E-state index contributed by atoms with van der Waals surface area (Å²) in [5.74, 6) is -0.179. The summed E-state index contributed by atoms with van der Waals surface area (Å²) in [6, 6.07) is 5.17. The predicted octanol–water partition coefficient (Wildman–Crippen LogP) is 2.62. The summed E-state index contributed by atoms with van der Waals surface area (Å²) >= 11 is 0. The van der Waals surface area contributed by atoms with Gasteiger partial charge in [-0.25, -0.2) is 4.39 Å². The van der Waals surface area contributed by atoms with Crippen molar-refractivity contribution in [3.8, 4) is 0 Å². The third-order valence-corrected chi connectivity index (χ3v) is 3.25. The van der Waals surface area contributed by atoms with Crippen LogP contribution in [0.25, 0.3) is 0 Å². The number of rotatable bonds is 7. The van der Waals surface area contributed by atoms with E-state index < -0.39 is 0 Å². The summed E-state index contributed by atoms with van der Waals surface area (Å²) in [5.41, 5.74) is 7.28. The Morgan fingerprint density at radius 3 is 2.42 bits per heavy atom. The maximum atomic E-state index is 14.1.